The van der Waals surface area contributed by atoms with Crippen LogP contribution in [0.1, 0.15) is 24.4 Å². The third kappa shape index (κ3) is 4.17. The highest BCUT2D eigenvalue weighted by Gasteiger charge is 2.33. The Morgan fingerprint density at radius 3 is 2.54 bits per heavy atom. The fourth-order valence-electron chi connectivity index (χ4n) is 3.53. The summed E-state index contributed by atoms with van der Waals surface area (Å²) in [5.74, 6) is 0.628. The van der Waals surface area contributed by atoms with Crippen molar-refractivity contribution in [3.8, 4) is 5.75 Å². The van der Waals surface area contributed by atoms with E-state index in [1.807, 2.05) is 59.5 Å². The second-order valence-corrected chi connectivity index (χ2v) is 7.48. The van der Waals surface area contributed by atoms with E-state index in [0.717, 1.165) is 24.1 Å². The molecule has 2 aromatic carbocycles. The Morgan fingerprint density at radius 2 is 1.79 bits per heavy atom. The summed E-state index contributed by atoms with van der Waals surface area (Å²) in [6, 6.07) is 17.6. The van der Waals surface area contributed by atoms with Crippen LogP contribution in [0.3, 0.4) is 0 Å². The van der Waals surface area contributed by atoms with Gasteiger partial charge >= 0.3 is 0 Å². The summed E-state index contributed by atoms with van der Waals surface area (Å²) in [5, 5.41) is 2.96. The minimum atomic E-state index is -0.197. The van der Waals surface area contributed by atoms with Crippen molar-refractivity contribution in [2.45, 2.75) is 24.9 Å². The fourth-order valence-corrected chi connectivity index (χ4v) is 3.53. The number of likely N-dealkylation sites (N-methyl/N-ethyl adjacent to an activating group) is 1. The van der Waals surface area contributed by atoms with Gasteiger partial charge in [-0.05, 0) is 37.6 Å². The second-order valence-electron chi connectivity index (χ2n) is 7.48. The molecule has 0 bridgehead atoms. The first-order chi connectivity index (χ1) is 13.6. The zero-order chi connectivity index (χ0) is 19.5. The normalized spacial score (nSPS) is 18.4. The molecular weight excluding hydrogens is 354 g/mol. The molecule has 1 fully saturated rings. The molecule has 6 nitrogen and oxygen atoms in total. The number of carbonyl (C=O) groups excluding carboxylic acids is 2. The van der Waals surface area contributed by atoms with Gasteiger partial charge in [0.05, 0.1) is 24.8 Å². The van der Waals surface area contributed by atoms with Crippen molar-refractivity contribution in [1.82, 2.24) is 10.2 Å². The second kappa shape index (κ2) is 8.02. The highest BCUT2D eigenvalue weighted by Crippen LogP contribution is 2.39. The van der Waals surface area contributed by atoms with E-state index in [0.29, 0.717) is 18.4 Å². The maximum Gasteiger partial charge on any atom is 0.241 e. The lowest BCUT2D eigenvalue weighted by Crippen LogP contribution is -2.47. The maximum atomic E-state index is 13.3. The van der Waals surface area contributed by atoms with Crippen LogP contribution in [0.4, 0.5) is 5.69 Å². The molecule has 1 aliphatic heterocycles. The first kappa shape index (κ1) is 18.5. The Kier molecular flexibility index (Phi) is 5.30. The Morgan fingerprint density at radius 1 is 1.07 bits per heavy atom. The van der Waals surface area contributed by atoms with E-state index in [2.05, 4.69) is 5.32 Å². The van der Waals surface area contributed by atoms with Crippen LogP contribution in [0.5, 0.6) is 5.75 Å². The molecule has 28 heavy (non-hydrogen) atoms. The smallest absolute Gasteiger partial charge is 0.241 e. The summed E-state index contributed by atoms with van der Waals surface area (Å²) in [4.78, 5) is 28.9. The van der Waals surface area contributed by atoms with Gasteiger partial charge in [0.2, 0.25) is 11.8 Å². The van der Waals surface area contributed by atoms with E-state index in [9.17, 15) is 9.59 Å². The number of hydrogen-bond donors (Lipinski definition) is 1. The standard InChI is InChI=1S/C22H25N3O3/c1-24(13-21(26)23-17-11-12-17)14-22(27)25-18-9-5-6-10-20(18)28-15-19(25)16-7-3-2-4-8-16/h2-10,17,19H,11-15H2,1H3,(H,23,26)/t19-/m0/s1. The number of rotatable bonds is 6. The first-order valence-corrected chi connectivity index (χ1v) is 9.68. The van der Waals surface area contributed by atoms with E-state index < -0.39 is 0 Å². The number of nitrogens with zero attached hydrogens (tertiary/aromatic N) is 2. The molecule has 146 valence electrons. The number of amides is 2. The molecule has 0 saturated heterocycles. The predicted octanol–water partition coefficient (Wildman–Crippen LogP) is 2.36. The molecule has 1 N–H and O–H groups in total. The van der Waals surface area contributed by atoms with Gasteiger partial charge in [0.25, 0.3) is 0 Å². The summed E-state index contributed by atoms with van der Waals surface area (Å²) in [5.41, 5.74) is 1.79. The SMILES string of the molecule is CN(CC(=O)NC1CC1)CC(=O)N1c2ccccc2OC[C@H]1c1ccccc1. The molecule has 0 aromatic heterocycles. The molecule has 2 aliphatic rings. The number of benzene rings is 2. The number of carbonyl (C=O) groups is 2. The molecule has 0 spiro atoms. The van der Waals surface area contributed by atoms with Gasteiger partial charge in [-0.15, -0.1) is 0 Å². The highest BCUT2D eigenvalue weighted by atomic mass is 16.5. The zero-order valence-electron chi connectivity index (χ0n) is 16.0. The number of ether oxygens (including phenoxy) is 1. The van der Waals surface area contributed by atoms with Gasteiger partial charge in [-0.3, -0.25) is 19.4 Å². The van der Waals surface area contributed by atoms with Gasteiger partial charge in [-0.2, -0.15) is 0 Å². The van der Waals surface area contributed by atoms with Crippen LogP contribution in [-0.2, 0) is 9.59 Å². The largest absolute Gasteiger partial charge is 0.489 e. The number of hydrogen-bond acceptors (Lipinski definition) is 4. The van der Waals surface area contributed by atoms with Crippen LogP contribution in [0.15, 0.2) is 54.6 Å². The van der Waals surface area contributed by atoms with Crippen molar-refractivity contribution in [1.29, 1.82) is 0 Å². The summed E-state index contributed by atoms with van der Waals surface area (Å²) in [7, 11) is 1.80. The molecule has 2 amide bonds. The molecule has 1 atom stereocenters. The van der Waals surface area contributed by atoms with Crippen LogP contribution < -0.4 is 15.0 Å². The third-order valence-corrected chi connectivity index (χ3v) is 5.05. The number of anilines is 1. The van der Waals surface area contributed by atoms with Crippen molar-refractivity contribution in [2.75, 3.05) is 31.6 Å². The topological polar surface area (TPSA) is 61.9 Å². The van der Waals surface area contributed by atoms with E-state index in [-0.39, 0.29) is 30.9 Å². The van der Waals surface area contributed by atoms with E-state index in [4.69, 9.17) is 4.74 Å². The Balaban J connectivity index is 1.52. The minimum absolute atomic E-state index is 0.0280. The highest BCUT2D eigenvalue weighted by molar-refractivity contribution is 5.97. The lowest BCUT2D eigenvalue weighted by atomic mass is 10.0. The van der Waals surface area contributed by atoms with Crippen LogP contribution in [-0.4, -0.2) is 49.5 Å². The quantitative estimate of drug-likeness (QED) is 0.837. The van der Waals surface area contributed by atoms with E-state index in [1.165, 1.54) is 0 Å². The third-order valence-electron chi connectivity index (χ3n) is 5.05. The summed E-state index contributed by atoms with van der Waals surface area (Å²) in [6.45, 7) is 0.776. The van der Waals surface area contributed by atoms with Gasteiger partial charge in [0.15, 0.2) is 0 Å². The first-order valence-electron chi connectivity index (χ1n) is 9.68. The predicted molar refractivity (Wildman–Crippen MR) is 107 cm³/mol. The Hall–Kier alpha value is -2.86. The van der Waals surface area contributed by atoms with Crippen LogP contribution >= 0.6 is 0 Å². The molecule has 1 aliphatic carbocycles. The average molecular weight is 379 g/mol. The number of para-hydroxylation sites is 2. The molecule has 6 heteroatoms. The van der Waals surface area contributed by atoms with E-state index in [1.54, 1.807) is 11.9 Å². The number of fused-ring (bicyclic) bond motifs is 1. The van der Waals surface area contributed by atoms with Gasteiger partial charge in [0, 0.05) is 6.04 Å². The van der Waals surface area contributed by atoms with Crippen molar-refractivity contribution in [2.24, 2.45) is 0 Å². The van der Waals surface area contributed by atoms with Crippen molar-refractivity contribution >= 4 is 17.5 Å². The molecule has 1 heterocycles. The van der Waals surface area contributed by atoms with Crippen molar-refractivity contribution in [3.05, 3.63) is 60.2 Å². The van der Waals surface area contributed by atoms with Gasteiger partial charge in [-0.1, -0.05) is 42.5 Å². The molecule has 0 radical (unpaired) electrons. The minimum Gasteiger partial charge on any atom is -0.489 e. The fraction of sp³-hybridized carbons (Fsp3) is 0.364. The lowest BCUT2D eigenvalue weighted by molar-refractivity contribution is -0.124. The van der Waals surface area contributed by atoms with E-state index >= 15 is 0 Å². The summed E-state index contributed by atoms with van der Waals surface area (Å²) < 4.78 is 5.92. The van der Waals surface area contributed by atoms with Crippen molar-refractivity contribution in [3.63, 3.8) is 0 Å². The Bertz CT molecular complexity index is 851. The zero-order valence-corrected chi connectivity index (χ0v) is 16.0. The molecule has 4 rings (SSSR count). The summed E-state index contributed by atoms with van der Waals surface area (Å²) >= 11 is 0. The Labute approximate surface area is 165 Å². The van der Waals surface area contributed by atoms with Crippen molar-refractivity contribution < 1.29 is 14.3 Å². The van der Waals surface area contributed by atoms with Crippen LogP contribution in [0, 0.1) is 0 Å². The number of nitrogens with one attached hydrogen (secondary N) is 1. The van der Waals surface area contributed by atoms with Gasteiger partial charge in [0.1, 0.15) is 12.4 Å². The lowest BCUT2D eigenvalue weighted by Gasteiger charge is -2.38. The monoisotopic (exact) mass is 379 g/mol. The summed E-state index contributed by atoms with van der Waals surface area (Å²) in [6.07, 6.45) is 2.11. The molecule has 1 saturated carbocycles. The van der Waals surface area contributed by atoms with Gasteiger partial charge in [-0.25, -0.2) is 0 Å². The molecular formula is C22H25N3O3. The molecule has 0 unspecified atom stereocenters. The molecule has 2 aromatic rings. The van der Waals surface area contributed by atoms with Gasteiger partial charge < -0.3 is 10.1 Å². The average Bonchev–Trinajstić information content (AvgIpc) is 3.51. The van der Waals surface area contributed by atoms with Crippen LogP contribution in [0.25, 0.3) is 0 Å². The maximum absolute atomic E-state index is 13.3. The van der Waals surface area contributed by atoms with Crippen LogP contribution in [0.2, 0.25) is 0 Å².